The Hall–Kier alpha value is 0.01000. The van der Waals surface area contributed by atoms with Gasteiger partial charge in [-0.3, -0.25) is 4.79 Å². The Bertz CT molecular complexity index is 170. The topological polar surface area (TPSA) is 29.5 Å². The van der Waals surface area contributed by atoms with Crippen molar-refractivity contribution in [3.63, 3.8) is 0 Å². The highest BCUT2D eigenvalue weighted by molar-refractivity contribution is 6.18. The van der Waals surface area contributed by atoms with Crippen LogP contribution in [0.5, 0.6) is 0 Å². The highest BCUT2D eigenvalue weighted by Crippen LogP contribution is 2.13. The molecule has 0 N–H and O–H groups in total. The van der Waals surface area contributed by atoms with E-state index in [0.717, 1.165) is 32.5 Å². The maximum Gasteiger partial charge on any atom is 0.302 e. The molecule has 1 fully saturated rings. The van der Waals surface area contributed by atoms with Crippen molar-refractivity contribution in [2.24, 2.45) is 0 Å². The molecule has 0 radical (unpaired) electrons. The first-order chi connectivity index (χ1) is 6.22. The molecule has 0 amide bonds. The number of halogens is 2. The van der Waals surface area contributed by atoms with Crippen molar-refractivity contribution in [1.82, 2.24) is 4.90 Å². The van der Waals surface area contributed by atoms with E-state index in [1.165, 1.54) is 6.92 Å². The monoisotopic (exact) mass is 241 g/mol. The summed E-state index contributed by atoms with van der Waals surface area (Å²) in [5.41, 5.74) is 0. The molecule has 5 heteroatoms. The largest absolute Gasteiger partial charge is 0.462 e. The number of likely N-dealkylation sites (tertiary alicyclic amines) is 1. The van der Waals surface area contributed by atoms with E-state index < -0.39 is 0 Å². The zero-order valence-electron chi connectivity index (χ0n) is 8.37. The minimum atomic E-state index is -0.171. The summed E-state index contributed by atoms with van der Waals surface area (Å²) in [5, 5.41) is 0. The third kappa shape index (κ3) is 5.03. The van der Waals surface area contributed by atoms with Crippen LogP contribution in [-0.4, -0.2) is 42.5 Å². The second kappa shape index (κ2) is 7.32. The molecule has 1 aliphatic heterocycles. The van der Waals surface area contributed by atoms with Crippen LogP contribution in [0.3, 0.4) is 0 Å². The Balaban J connectivity index is 0.00000169. The number of esters is 1. The molecule has 0 unspecified atom stereocenters. The molecule has 0 bridgehead atoms. The summed E-state index contributed by atoms with van der Waals surface area (Å²) >= 11 is 5.63. The molecule has 0 aliphatic carbocycles. The summed E-state index contributed by atoms with van der Waals surface area (Å²) in [6, 6.07) is 0. The van der Waals surface area contributed by atoms with Crippen molar-refractivity contribution >= 4 is 30.0 Å². The summed E-state index contributed by atoms with van der Waals surface area (Å²) in [5.74, 6) is 0.508. The molecule has 0 aromatic carbocycles. The van der Waals surface area contributed by atoms with Gasteiger partial charge in [0, 0.05) is 32.4 Å². The normalized spacial score (nSPS) is 18.7. The molecule has 1 aliphatic rings. The van der Waals surface area contributed by atoms with Crippen LogP contribution in [0.1, 0.15) is 19.8 Å². The maximum atomic E-state index is 10.7. The highest BCUT2D eigenvalue weighted by atomic mass is 35.5. The molecule has 0 aromatic rings. The van der Waals surface area contributed by atoms with Crippen molar-refractivity contribution in [2.75, 3.05) is 25.5 Å². The van der Waals surface area contributed by atoms with Crippen molar-refractivity contribution in [3.05, 3.63) is 0 Å². The zero-order chi connectivity index (χ0) is 9.68. The summed E-state index contributed by atoms with van der Waals surface area (Å²) < 4.78 is 5.12. The van der Waals surface area contributed by atoms with E-state index in [0.29, 0.717) is 5.88 Å². The number of rotatable bonds is 3. The van der Waals surface area contributed by atoms with E-state index in [1.54, 1.807) is 0 Å². The summed E-state index contributed by atoms with van der Waals surface area (Å²) in [7, 11) is 0. The molecule has 0 spiro atoms. The second-order valence-corrected chi connectivity index (χ2v) is 3.72. The van der Waals surface area contributed by atoms with Gasteiger partial charge in [-0.2, -0.15) is 0 Å². The Morgan fingerprint density at radius 2 is 2.07 bits per heavy atom. The lowest BCUT2D eigenvalue weighted by Gasteiger charge is -2.30. The first kappa shape index (κ1) is 14.0. The molecule has 1 rings (SSSR count). The van der Waals surface area contributed by atoms with Crippen LogP contribution in [-0.2, 0) is 9.53 Å². The predicted octanol–water partition coefficient (Wildman–Crippen LogP) is 1.67. The van der Waals surface area contributed by atoms with Gasteiger partial charge >= 0.3 is 5.97 Å². The number of nitrogens with zero attached hydrogens (tertiary/aromatic N) is 1. The van der Waals surface area contributed by atoms with Gasteiger partial charge in [0.05, 0.1) is 0 Å². The van der Waals surface area contributed by atoms with Crippen molar-refractivity contribution in [3.8, 4) is 0 Å². The molecule has 0 atom stereocenters. The molecule has 3 nitrogen and oxygen atoms in total. The molecule has 0 saturated carbocycles. The maximum absolute atomic E-state index is 10.7. The summed E-state index contributed by atoms with van der Waals surface area (Å²) in [6.07, 6.45) is 2.01. The van der Waals surface area contributed by atoms with Crippen molar-refractivity contribution < 1.29 is 9.53 Å². The standard InChI is InChI=1S/C9H16ClNO2.ClH/c1-8(12)13-9-2-5-11(6-3-9)7-4-10;/h9H,2-7H2,1H3;1H. The summed E-state index contributed by atoms with van der Waals surface area (Å²) in [6.45, 7) is 4.38. The zero-order valence-corrected chi connectivity index (χ0v) is 9.94. The lowest BCUT2D eigenvalue weighted by Crippen LogP contribution is -2.38. The van der Waals surface area contributed by atoms with Gasteiger partial charge in [0.15, 0.2) is 0 Å². The molecule has 1 saturated heterocycles. The summed E-state index contributed by atoms with van der Waals surface area (Å²) in [4.78, 5) is 13.0. The highest BCUT2D eigenvalue weighted by Gasteiger charge is 2.20. The Morgan fingerprint density at radius 1 is 1.50 bits per heavy atom. The minimum absolute atomic E-state index is 0. The van der Waals surface area contributed by atoms with Gasteiger partial charge in [0.25, 0.3) is 0 Å². The number of ether oxygens (including phenoxy) is 1. The average molecular weight is 242 g/mol. The number of alkyl halides is 1. The Labute approximate surface area is 96.1 Å². The van der Waals surface area contributed by atoms with E-state index in [1.807, 2.05) is 0 Å². The lowest BCUT2D eigenvalue weighted by molar-refractivity contribution is -0.148. The van der Waals surface area contributed by atoms with Crippen LogP contribution in [0.4, 0.5) is 0 Å². The second-order valence-electron chi connectivity index (χ2n) is 3.34. The van der Waals surface area contributed by atoms with E-state index in [2.05, 4.69) is 4.90 Å². The van der Waals surface area contributed by atoms with Crippen LogP contribution >= 0.6 is 24.0 Å². The van der Waals surface area contributed by atoms with E-state index >= 15 is 0 Å². The van der Waals surface area contributed by atoms with Crippen molar-refractivity contribution in [2.45, 2.75) is 25.9 Å². The van der Waals surface area contributed by atoms with Crippen LogP contribution < -0.4 is 0 Å². The van der Waals surface area contributed by atoms with Crippen LogP contribution in [0.25, 0.3) is 0 Å². The SMILES string of the molecule is CC(=O)OC1CCN(CCCl)CC1.Cl. The van der Waals surface area contributed by atoms with Gasteiger partial charge in [0.1, 0.15) is 6.10 Å². The van der Waals surface area contributed by atoms with E-state index in [-0.39, 0.29) is 24.5 Å². The van der Waals surface area contributed by atoms with Crippen LogP contribution in [0, 0.1) is 0 Å². The number of carbonyl (C=O) groups is 1. The first-order valence-electron chi connectivity index (χ1n) is 4.68. The fourth-order valence-electron chi connectivity index (χ4n) is 1.60. The average Bonchev–Trinajstić information content (AvgIpc) is 2.08. The third-order valence-corrected chi connectivity index (χ3v) is 2.44. The van der Waals surface area contributed by atoms with Crippen LogP contribution in [0.2, 0.25) is 0 Å². The van der Waals surface area contributed by atoms with Gasteiger partial charge in [-0.15, -0.1) is 24.0 Å². The predicted molar refractivity (Wildman–Crippen MR) is 59.2 cm³/mol. The number of piperidine rings is 1. The quantitative estimate of drug-likeness (QED) is 0.557. The fraction of sp³-hybridized carbons (Fsp3) is 0.889. The molecular formula is C9H17Cl2NO2. The molecule has 84 valence electrons. The van der Waals surface area contributed by atoms with Gasteiger partial charge in [0.2, 0.25) is 0 Å². The molecule has 0 aromatic heterocycles. The van der Waals surface area contributed by atoms with E-state index in [9.17, 15) is 4.79 Å². The Kier molecular flexibility index (Phi) is 7.33. The molecule has 14 heavy (non-hydrogen) atoms. The number of hydrogen-bond donors (Lipinski definition) is 0. The fourth-order valence-corrected chi connectivity index (χ4v) is 1.84. The van der Waals surface area contributed by atoms with Crippen LogP contribution in [0.15, 0.2) is 0 Å². The lowest BCUT2D eigenvalue weighted by atomic mass is 10.1. The number of carbonyl (C=O) groups excluding carboxylic acids is 1. The first-order valence-corrected chi connectivity index (χ1v) is 5.21. The van der Waals surface area contributed by atoms with Gasteiger partial charge in [-0.05, 0) is 12.8 Å². The van der Waals surface area contributed by atoms with Crippen molar-refractivity contribution in [1.29, 1.82) is 0 Å². The van der Waals surface area contributed by atoms with Gasteiger partial charge < -0.3 is 9.64 Å². The smallest absolute Gasteiger partial charge is 0.302 e. The molecule has 1 heterocycles. The van der Waals surface area contributed by atoms with Gasteiger partial charge in [-0.25, -0.2) is 0 Å². The molecular weight excluding hydrogens is 225 g/mol. The van der Waals surface area contributed by atoms with Gasteiger partial charge in [-0.1, -0.05) is 0 Å². The Morgan fingerprint density at radius 3 is 2.50 bits per heavy atom. The third-order valence-electron chi connectivity index (χ3n) is 2.27. The van der Waals surface area contributed by atoms with E-state index in [4.69, 9.17) is 16.3 Å². The minimum Gasteiger partial charge on any atom is -0.462 e. The number of hydrogen-bond acceptors (Lipinski definition) is 3.